The van der Waals surface area contributed by atoms with E-state index in [9.17, 15) is 14.4 Å². The third-order valence-corrected chi connectivity index (χ3v) is 3.19. The SMILES string of the molecule is [CH]N(CCN(CCN(CC(=O)O)CC(=O)O)CC(C)(C)C)CC(=O)O. The molecule has 0 amide bonds. The summed E-state index contributed by atoms with van der Waals surface area (Å²) in [5.74, 6) is -3.18. The van der Waals surface area contributed by atoms with Gasteiger partial charge in [-0.15, -0.1) is 0 Å². The minimum absolute atomic E-state index is 0.0311. The first-order valence-corrected chi connectivity index (χ1v) is 7.99. The lowest BCUT2D eigenvalue weighted by Crippen LogP contribution is -2.44. The summed E-state index contributed by atoms with van der Waals surface area (Å²) in [6.07, 6.45) is 0. The van der Waals surface area contributed by atoms with Gasteiger partial charge in [-0.2, -0.15) is 0 Å². The molecule has 0 aliphatic rings. The lowest BCUT2D eigenvalue weighted by Gasteiger charge is -2.32. The van der Waals surface area contributed by atoms with Gasteiger partial charge in [-0.05, 0) is 5.41 Å². The monoisotopic (exact) mass is 359 g/mol. The van der Waals surface area contributed by atoms with Crippen LogP contribution in [0.5, 0.6) is 0 Å². The molecule has 0 spiro atoms. The number of hydrogen-bond donors (Lipinski definition) is 3. The van der Waals surface area contributed by atoms with Crippen molar-refractivity contribution in [3.8, 4) is 0 Å². The van der Waals surface area contributed by atoms with Crippen LogP contribution in [0, 0.1) is 12.5 Å². The Morgan fingerprint density at radius 1 is 0.760 bits per heavy atom. The summed E-state index contributed by atoms with van der Waals surface area (Å²) >= 11 is 0. The van der Waals surface area contributed by atoms with Crippen molar-refractivity contribution in [1.82, 2.24) is 14.7 Å². The smallest absolute Gasteiger partial charge is 0.317 e. The van der Waals surface area contributed by atoms with Gasteiger partial charge >= 0.3 is 17.9 Å². The number of aliphatic carboxylic acids is 3. The Morgan fingerprint density at radius 2 is 1.16 bits per heavy atom. The molecule has 9 nitrogen and oxygen atoms in total. The van der Waals surface area contributed by atoms with Gasteiger partial charge in [0.2, 0.25) is 0 Å². The molecule has 0 rings (SSSR count). The topological polar surface area (TPSA) is 122 Å². The summed E-state index contributed by atoms with van der Waals surface area (Å²) in [4.78, 5) is 36.9. The molecule has 0 bridgehead atoms. The van der Waals surface area contributed by atoms with E-state index in [1.54, 1.807) is 0 Å². The molecule has 0 aromatic carbocycles. The third-order valence-electron chi connectivity index (χ3n) is 3.19. The molecule has 2 radical (unpaired) electrons. The van der Waals surface area contributed by atoms with E-state index in [0.717, 1.165) is 0 Å². The summed E-state index contributed by atoms with van der Waals surface area (Å²) in [7, 11) is 5.63. The number of carbonyl (C=O) groups is 3. The Kier molecular flexibility index (Phi) is 10.3. The summed E-state index contributed by atoms with van der Waals surface area (Å²) in [6, 6.07) is 0. The molecule has 0 fully saturated rings. The molecule has 0 aliphatic carbocycles. The predicted octanol–water partition coefficient (Wildman–Crippen LogP) is -0.139. The normalized spacial score (nSPS) is 12.1. The highest BCUT2D eigenvalue weighted by atomic mass is 16.4. The molecule has 9 heteroatoms. The van der Waals surface area contributed by atoms with Crippen molar-refractivity contribution < 1.29 is 29.7 Å². The number of carboxylic acids is 3. The lowest BCUT2D eigenvalue weighted by atomic mass is 9.96. The highest BCUT2D eigenvalue weighted by molar-refractivity contribution is 5.72. The number of carboxylic acid groups (broad SMARTS) is 3. The van der Waals surface area contributed by atoms with Crippen molar-refractivity contribution in [2.45, 2.75) is 20.8 Å². The lowest BCUT2D eigenvalue weighted by molar-refractivity contribution is -0.142. The van der Waals surface area contributed by atoms with Gasteiger partial charge < -0.3 is 20.2 Å². The fourth-order valence-electron chi connectivity index (χ4n) is 2.34. The molecule has 0 saturated carbocycles. The Balaban J connectivity index is 4.70. The van der Waals surface area contributed by atoms with Gasteiger partial charge in [-0.3, -0.25) is 24.2 Å². The van der Waals surface area contributed by atoms with Crippen molar-refractivity contribution >= 4 is 17.9 Å². The molecular weight excluding hydrogens is 330 g/mol. The van der Waals surface area contributed by atoms with Crippen LogP contribution in [-0.4, -0.2) is 100 Å². The van der Waals surface area contributed by atoms with Crippen molar-refractivity contribution in [3.63, 3.8) is 0 Å². The molecule has 0 aliphatic heterocycles. The van der Waals surface area contributed by atoms with E-state index in [-0.39, 0.29) is 31.6 Å². The standard InChI is InChI=1S/C16H29N3O6/c1-16(2,3)12-18(6-5-17(4)9-13(20)21)7-8-19(10-14(22)23)11-15(24)25/h4H,5-12H2,1-3H3,(H,20,21)(H,22,23)(H,24,25). The highest BCUT2D eigenvalue weighted by Crippen LogP contribution is 2.15. The first-order valence-electron chi connectivity index (χ1n) is 7.99. The van der Waals surface area contributed by atoms with Crippen molar-refractivity contribution in [3.05, 3.63) is 7.05 Å². The Hall–Kier alpha value is -1.71. The van der Waals surface area contributed by atoms with Crippen molar-refractivity contribution in [2.24, 2.45) is 5.41 Å². The largest absolute Gasteiger partial charge is 0.480 e. The fraction of sp³-hybridized carbons (Fsp3) is 0.750. The maximum atomic E-state index is 10.9. The number of rotatable bonds is 13. The average Bonchev–Trinajstić information content (AvgIpc) is 2.38. The van der Waals surface area contributed by atoms with Crippen LogP contribution >= 0.6 is 0 Å². The van der Waals surface area contributed by atoms with Crippen LogP contribution in [0.1, 0.15) is 20.8 Å². The van der Waals surface area contributed by atoms with E-state index in [4.69, 9.17) is 22.4 Å². The third kappa shape index (κ3) is 14.3. The molecule has 0 unspecified atom stereocenters. The summed E-state index contributed by atoms with van der Waals surface area (Å²) in [6.45, 7) is 7.41. The van der Waals surface area contributed by atoms with E-state index in [1.165, 1.54) is 9.80 Å². The van der Waals surface area contributed by atoms with Crippen LogP contribution < -0.4 is 0 Å². The average molecular weight is 359 g/mol. The van der Waals surface area contributed by atoms with Gasteiger partial charge in [0.15, 0.2) is 0 Å². The first kappa shape index (κ1) is 23.3. The number of hydrogen-bond acceptors (Lipinski definition) is 6. The zero-order valence-corrected chi connectivity index (χ0v) is 15.1. The van der Waals surface area contributed by atoms with Gasteiger partial charge in [-0.25, -0.2) is 0 Å². The zero-order valence-electron chi connectivity index (χ0n) is 15.1. The van der Waals surface area contributed by atoms with Crippen molar-refractivity contribution in [2.75, 3.05) is 52.4 Å². The molecule has 144 valence electrons. The maximum absolute atomic E-state index is 10.9. The van der Waals surface area contributed by atoms with Crippen LogP contribution in [-0.2, 0) is 14.4 Å². The van der Waals surface area contributed by atoms with Crippen LogP contribution in [0.4, 0.5) is 0 Å². The molecular formula is C16H29N3O6. The second-order valence-electron chi connectivity index (χ2n) is 7.20. The molecule has 0 aromatic heterocycles. The second-order valence-corrected chi connectivity index (χ2v) is 7.20. The Labute approximate surface area is 148 Å². The van der Waals surface area contributed by atoms with Crippen LogP contribution in [0.25, 0.3) is 0 Å². The van der Waals surface area contributed by atoms with Gasteiger partial charge in [0, 0.05) is 39.8 Å². The fourth-order valence-corrected chi connectivity index (χ4v) is 2.34. The zero-order chi connectivity index (χ0) is 19.6. The quantitative estimate of drug-likeness (QED) is 0.386. The molecule has 0 atom stereocenters. The number of nitrogens with zero attached hydrogens (tertiary/aromatic N) is 3. The molecule has 0 heterocycles. The van der Waals surface area contributed by atoms with Crippen LogP contribution in [0.15, 0.2) is 0 Å². The molecule has 25 heavy (non-hydrogen) atoms. The van der Waals surface area contributed by atoms with Crippen LogP contribution in [0.3, 0.4) is 0 Å². The first-order chi connectivity index (χ1) is 11.4. The Morgan fingerprint density at radius 3 is 1.56 bits per heavy atom. The highest BCUT2D eigenvalue weighted by Gasteiger charge is 2.20. The van der Waals surface area contributed by atoms with Gasteiger partial charge in [0.1, 0.15) is 0 Å². The van der Waals surface area contributed by atoms with Crippen LogP contribution in [0.2, 0.25) is 0 Å². The maximum Gasteiger partial charge on any atom is 0.317 e. The minimum Gasteiger partial charge on any atom is -0.480 e. The summed E-state index contributed by atoms with van der Waals surface area (Å²) in [5.41, 5.74) is -0.0311. The van der Waals surface area contributed by atoms with Crippen molar-refractivity contribution in [1.29, 1.82) is 0 Å². The van der Waals surface area contributed by atoms with E-state index in [2.05, 4.69) is 0 Å². The summed E-state index contributed by atoms with van der Waals surface area (Å²) in [5, 5.41) is 26.5. The second kappa shape index (κ2) is 11.0. The van der Waals surface area contributed by atoms with E-state index in [0.29, 0.717) is 26.2 Å². The Bertz CT molecular complexity index is 434. The minimum atomic E-state index is -1.08. The molecule has 0 aromatic rings. The summed E-state index contributed by atoms with van der Waals surface area (Å²) < 4.78 is 0. The van der Waals surface area contributed by atoms with E-state index >= 15 is 0 Å². The van der Waals surface area contributed by atoms with Gasteiger partial charge in [-0.1, -0.05) is 20.8 Å². The van der Waals surface area contributed by atoms with E-state index < -0.39 is 17.9 Å². The van der Waals surface area contributed by atoms with Gasteiger partial charge in [0.05, 0.1) is 19.6 Å². The predicted molar refractivity (Wildman–Crippen MR) is 91.1 cm³/mol. The van der Waals surface area contributed by atoms with E-state index in [1.807, 2.05) is 25.7 Å². The molecule has 0 saturated heterocycles. The molecule has 3 N–H and O–H groups in total. The van der Waals surface area contributed by atoms with Gasteiger partial charge in [0.25, 0.3) is 0 Å².